The summed E-state index contributed by atoms with van der Waals surface area (Å²) in [5.41, 5.74) is 0.857. The van der Waals surface area contributed by atoms with Gasteiger partial charge in [0.25, 0.3) is 0 Å². The fraction of sp³-hybridized carbons (Fsp3) is 0.533. The zero-order valence-corrected chi connectivity index (χ0v) is 15.5. The highest BCUT2D eigenvalue weighted by molar-refractivity contribution is 6.30. The van der Waals surface area contributed by atoms with Crippen molar-refractivity contribution in [2.24, 2.45) is 5.92 Å². The van der Waals surface area contributed by atoms with Crippen LogP contribution in [-0.2, 0) is 4.79 Å². The van der Waals surface area contributed by atoms with Crippen LogP contribution < -0.4 is 10.6 Å². The van der Waals surface area contributed by atoms with Gasteiger partial charge in [-0.15, -0.1) is 24.8 Å². The zero-order valence-electron chi connectivity index (χ0n) is 13.2. The van der Waals surface area contributed by atoms with Crippen molar-refractivity contribution >= 4 is 42.3 Å². The maximum absolute atomic E-state index is 12.5. The molecule has 0 radical (unpaired) electrons. The van der Waals surface area contributed by atoms with Crippen LogP contribution in [0.25, 0.3) is 0 Å². The minimum atomic E-state index is -0.394. The van der Waals surface area contributed by atoms with Gasteiger partial charge in [0.05, 0.1) is 6.10 Å². The molecule has 1 aliphatic rings. The van der Waals surface area contributed by atoms with Gasteiger partial charge in [-0.25, -0.2) is 0 Å². The molecule has 3 unspecified atom stereocenters. The number of nitrogens with zero attached hydrogens (tertiary/aromatic N) is 1. The van der Waals surface area contributed by atoms with Gasteiger partial charge in [-0.1, -0.05) is 23.7 Å². The van der Waals surface area contributed by atoms with Gasteiger partial charge < -0.3 is 15.7 Å². The van der Waals surface area contributed by atoms with Crippen LogP contribution in [0.15, 0.2) is 24.3 Å². The fourth-order valence-corrected chi connectivity index (χ4v) is 2.82. The van der Waals surface area contributed by atoms with Crippen LogP contribution in [0.2, 0.25) is 5.02 Å². The number of carbonyl (C=O) groups excluding carboxylic acids is 1. The molecular weight excluding hydrogens is 361 g/mol. The molecule has 8 heteroatoms. The molecule has 2 rings (SSSR count). The zero-order chi connectivity index (χ0) is 15.4. The Morgan fingerprint density at radius 2 is 2.13 bits per heavy atom. The highest BCUT2D eigenvalue weighted by atomic mass is 35.5. The molecule has 3 N–H and O–H groups in total. The monoisotopic (exact) mass is 383 g/mol. The van der Waals surface area contributed by atoms with E-state index in [0.29, 0.717) is 18.1 Å². The van der Waals surface area contributed by atoms with E-state index in [1.165, 1.54) is 0 Å². The highest BCUT2D eigenvalue weighted by Gasteiger charge is 2.28. The number of carbonyl (C=O) groups is 1. The molecule has 1 fully saturated rings. The first-order chi connectivity index (χ1) is 9.99. The lowest BCUT2D eigenvalue weighted by Crippen LogP contribution is -2.41. The van der Waals surface area contributed by atoms with Crippen LogP contribution in [-0.4, -0.2) is 55.7 Å². The van der Waals surface area contributed by atoms with E-state index in [1.807, 2.05) is 31.1 Å². The average Bonchev–Trinajstić information content (AvgIpc) is 2.82. The van der Waals surface area contributed by atoms with Crippen molar-refractivity contribution in [3.8, 4) is 0 Å². The van der Waals surface area contributed by atoms with Crippen LogP contribution >= 0.6 is 36.4 Å². The molecule has 132 valence electrons. The molecule has 5 nitrogen and oxygen atoms in total. The van der Waals surface area contributed by atoms with E-state index in [9.17, 15) is 9.90 Å². The summed E-state index contributed by atoms with van der Waals surface area (Å²) in [4.78, 5) is 14.3. The summed E-state index contributed by atoms with van der Waals surface area (Å²) in [5, 5.41) is 16.4. The van der Waals surface area contributed by atoms with Crippen LogP contribution in [0, 0.1) is 5.92 Å². The number of nitrogens with one attached hydrogen (secondary N) is 2. The average molecular weight is 385 g/mol. The number of benzene rings is 1. The standard InChI is InChI=1S/C15H22ClN3O2.2ClH/c1-19(2)14(10-4-3-5-12(16)6-10)15(21)18-8-11-7-17-9-13(11)20;;/h3-6,11,13-14,17,20H,7-9H2,1-2H3,(H,18,21);2*1H. The maximum atomic E-state index is 12.5. The Bertz CT molecular complexity index is 503. The Morgan fingerprint density at radius 3 is 2.65 bits per heavy atom. The normalized spacial score (nSPS) is 21.3. The van der Waals surface area contributed by atoms with E-state index in [0.717, 1.165) is 12.1 Å². The fourth-order valence-electron chi connectivity index (χ4n) is 2.62. The van der Waals surface area contributed by atoms with Crippen molar-refractivity contribution < 1.29 is 9.90 Å². The molecule has 1 aromatic rings. The number of hydrogen-bond donors (Lipinski definition) is 3. The Hall–Kier alpha value is -0.560. The number of hydrogen-bond acceptors (Lipinski definition) is 4. The number of likely N-dealkylation sites (N-methyl/N-ethyl adjacent to an activating group) is 1. The second-order valence-electron chi connectivity index (χ2n) is 5.65. The Morgan fingerprint density at radius 1 is 1.43 bits per heavy atom. The van der Waals surface area contributed by atoms with Crippen molar-refractivity contribution in [3.05, 3.63) is 34.9 Å². The summed E-state index contributed by atoms with van der Waals surface area (Å²) < 4.78 is 0. The molecule has 0 aliphatic carbocycles. The topological polar surface area (TPSA) is 64.6 Å². The molecule has 1 aliphatic heterocycles. The molecule has 23 heavy (non-hydrogen) atoms. The Kier molecular flexibility index (Phi) is 10.1. The van der Waals surface area contributed by atoms with E-state index >= 15 is 0 Å². The second-order valence-corrected chi connectivity index (χ2v) is 6.09. The number of aliphatic hydroxyl groups is 1. The third-order valence-electron chi connectivity index (χ3n) is 3.77. The third-order valence-corrected chi connectivity index (χ3v) is 4.01. The first-order valence-electron chi connectivity index (χ1n) is 7.07. The van der Waals surface area contributed by atoms with Gasteiger partial charge >= 0.3 is 0 Å². The van der Waals surface area contributed by atoms with E-state index in [4.69, 9.17) is 11.6 Å². The summed E-state index contributed by atoms with van der Waals surface area (Å²) in [6.07, 6.45) is -0.394. The van der Waals surface area contributed by atoms with Gasteiger partial charge in [0.15, 0.2) is 0 Å². The van der Waals surface area contributed by atoms with Gasteiger partial charge in [0.2, 0.25) is 5.91 Å². The summed E-state index contributed by atoms with van der Waals surface area (Å²) in [5.74, 6) is -0.0162. The number of β-amino-alcohol motifs (C(OH)–C–C–N with tert-alkyl or cyclic N) is 1. The number of amides is 1. The smallest absolute Gasteiger partial charge is 0.241 e. The maximum Gasteiger partial charge on any atom is 0.241 e. The lowest BCUT2D eigenvalue weighted by atomic mass is 10.0. The van der Waals surface area contributed by atoms with Gasteiger partial charge in [-0.2, -0.15) is 0 Å². The SMILES string of the molecule is CN(C)C(C(=O)NCC1CNCC1O)c1cccc(Cl)c1.Cl.Cl. The number of rotatable bonds is 5. The van der Waals surface area contributed by atoms with Gasteiger partial charge in [0, 0.05) is 30.6 Å². The van der Waals surface area contributed by atoms with Crippen LogP contribution in [0.1, 0.15) is 11.6 Å². The number of aliphatic hydroxyl groups excluding tert-OH is 1. The van der Waals surface area contributed by atoms with E-state index in [2.05, 4.69) is 10.6 Å². The number of halogens is 3. The molecule has 0 spiro atoms. The molecule has 0 aromatic heterocycles. The molecule has 0 saturated carbocycles. The summed E-state index contributed by atoms with van der Waals surface area (Å²) in [6.45, 7) is 1.79. The van der Waals surface area contributed by atoms with Crippen LogP contribution in [0.4, 0.5) is 0 Å². The minimum Gasteiger partial charge on any atom is -0.391 e. The predicted octanol–water partition coefficient (Wildman–Crippen LogP) is 1.48. The van der Waals surface area contributed by atoms with E-state index in [1.54, 1.807) is 12.1 Å². The van der Waals surface area contributed by atoms with Crippen molar-refractivity contribution in [2.45, 2.75) is 12.1 Å². The van der Waals surface area contributed by atoms with Crippen LogP contribution in [0.5, 0.6) is 0 Å². The first-order valence-corrected chi connectivity index (χ1v) is 7.45. The van der Waals surface area contributed by atoms with Gasteiger partial charge in [-0.05, 0) is 31.8 Å². The third kappa shape index (κ3) is 6.10. The molecule has 1 aromatic carbocycles. The molecule has 1 saturated heterocycles. The van der Waals surface area contributed by atoms with Crippen molar-refractivity contribution in [2.75, 3.05) is 33.7 Å². The lowest BCUT2D eigenvalue weighted by Gasteiger charge is -2.25. The van der Waals surface area contributed by atoms with Crippen molar-refractivity contribution in [1.82, 2.24) is 15.5 Å². The molecule has 0 bridgehead atoms. The molecule has 1 heterocycles. The molecular formula is C15H24Cl3N3O2. The van der Waals surface area contributed by atoms with E-state index in [-0.39, 0.29) is 36.6 Å². The molecule has 1 amide bonds. The van der Waals surface area contributed by atoms with E-state index < -0.39 is 12.1 Å². The van der Waals surface area contributed by atoms with Crippen molar-refractivity contribution in [1.29, 1.82) is 0 Å². The van der Waals surface area contributed by atoms with Gasteiger partial charge in [0.1, 0.15) is 6.04 Å². The minimum absolute atomic E-state index is 0. The molecule has 3 atom stereocenters. The Labute approximate surface area is 154 Å². The first kappa shape index (κ1) is 22.4. The van der Waals surface area contributed by atoms with Crippen LogP contribution in [0.3, 0.4) is 0 Å². The largest absolute Gasteiger partial charge is 0.391 e. The van der Waals surface area contributed by atoms with Crippen molar-refractivity contribution in [3.63, 3.8) is 0 Å². The quantitative estimate of drug-likeness (QED) is 0.719. The highest BCUT2D eigenvalue weighted by Crippen LogP contribution is 2.22. The summed E-state index contributed by atoms with van der Waals surface area (Å²) in [6, 6.07) is 6.93. The predicted molar refractivity (Wildman–Crippen MR) is 97.8 cm³/mol. The summed E-state index contributed by atoms with van der Waals surface area (Å²) >= 11 is 6.01. The second kappa shape index (κ2) is 10.3. The lowest BCUT2D eigenvalue weighted by molar-refractivity contribution is -0.126. The van der Waals surface area contributed by atoms with Gasteiger partial charge in [-0.3, -0.25) is 9.69 Å². The Balaban J connectivity index is 0.00000242. The summed E-state index contributed by atoms with van der Waals surface area (Å²) in [7, 11) is 3.72.